The fourth-order valence-electron chi connectivity index (χ4n) is 5.21. The van der Waals surface area contributed by atoms with Gasteiger partial charge >= 0.3 is 0 Å². The van der Waals surface area contributed by atoms with Gasteiger partial charge in [0.1, 0.15) is 5.82 Å². The maximum Gasteiger partial charge on any atom is 0.241 e. The van der Waals surface area contributed by atoms with E-state index in [2.05, 4.69) is 16.0 Å². The van der Waals surface area contributed by atoms with E-state index in [1.54, 1.807) is 22.5 Å². The van der Waals surface area contributed by atoms with Crippen molar-refractivity contribution < 1.29 is 17.6 Å². The van der Waals surface area contributed by atoms with Gasteiger partial charge in [0.05, 0.1) is 11.3 Å². The third-order valence-corrected chi connectivity index (χ3v) is 9.93. The molecule has 2 aliphatic rings. The molecule has 0 spiro atoms. The van der Waals surface area contributed by atoms with Crippen LogP contribution >= 0.6 is 11.6 Å². The van der Waals surface area contributed by atoms with E-state index >= 15 is 4.39 Å². The Labute approximate surface area is 230 Å². The Balaban J connectivity index is 1.50. The van der Waals surface area contributed by atoms with Crippen LogP contribution in [0, 0.1) is 5.82 Å². The van der Waals surface area contributed by atoms with E-state index in [1.165, 1.54) is 6.07 Å². The maximum absolute atomic E-state index is 15.1. The zero-order chi connectivity index (χ0) is 27.4. The van der Waals surface area contributed by atoms with Crippen LogP contribution in [-0.2, 0) is 27.7 Å². The average Bonchev–Trinajstić information content (AvgIpc) is 3.69. The van der Waals surface area contributed by atoms with Crippen LogP contribution in [0.5, 0.6) is 0 Å². The van der Waals surface area contributed by atoms with Crippen LogP contribution in [0.1, 0.15) is 51.2 Å². The molecule has 2 aromatic rings. The van der Waals surface area contributed by atoms with Gasteiger partial charge in [-0.15, -0.1) is 0 Å². The fraction of sp³-hybridized carbons (Fsp3) is 0.536. The lowest BCUT2D eigenvalue weighted by molar-refractivity contribution is -0.118. The SMILES string of the molecule is CC(C)N[C@@H](Cc1cccc(Cl)c1)C(=O)Nc1cccc(F)c1CC[C@H]1CNC[C@H](C)N1S(=O)(=O)C1CC1. The predicted octanol–water partition coefficient (Wildman–Crippen LogP) is 4.11. The number of rotatable bonds is 11. The smallest absolute Gasteiger partial charge is 0.241 e. The summed E-state index contributed by atoms with van der Waals surface area (Å²) in [6.45, 7) is 6.96. The van der Waals surface area contributed by atoms with Gasteiger partial charge in [-0.3, -0.25) is 4.79 Å². The number of anilines is 1. The number of hydrogen-bond acceptors (Lipinski definition) is 5. The van der Waals surface area contributed by atoms with Gasteiger partial charge in [0.2, 0.25) is 15.9 Å². The zero-order valence-corrected chi connectivity index (χ0v) is 23.8. The molecule has 10 heteroatoms. The third kappa shape index (κ3) is 7.12. The Bertz CT molecular complexity index is 1240. The Morgan fingerprint density at radius 1 is 1.18 bits per heavy atom. The standard InChI is InChI=1S/C28H38ClFN4O3S/c1-18(2)32-27(15-20-6-4-7-21(29)14-20)28(35)33-26-9-5-8-25(30)24(26)13-10-22-17-31-16-19(3)34(22)38(36,37)23-11-12-23/h4-9,14,18-19,22-23,27,31-32H,10-13,15-17H2,1-3H3,(H,33,35)/t19-,22-,27-/m0/s1. The summed E-state index contributed by atoms with van der Waals surface area (Å²) in [5.41, 5.74) is 1.71. The first kappa shape index (κ1) is 29.0. The van der Waals surface area contributed by atoms with Crippen LogP contribution in [0.4, 0.5) is 10.1 Å². The van der Waals surface area contributed by atoms with Crippen molar-refractivity contribution in [1.29, 1.82) is 0 Å². The van der Waals surface area contributed by atoms with Crippen molar-refractivity contribution in [1.82, 2.24) is 14.9 Å². The van der Waals surface area contributed by atoms with Gasteiger partial charge in [-0.25, -0.2) is 12.8 Å². The molecule has 7 nitrogen and oxygen atoms in total. The number of nitrogens with one attached hydrogen (secondary N) is 3. The highest BCUT2D eigenvalue weighted by Gasteiger charge is 2.45. The predicted molar refractivity (Wildman–Crippen MR) is 150 cm³/mol. The van der Waals surface area contributed by atoms with Crippen LogP contribution in [0.25, 0.3) is 0 Å². The Kier molecular flexibility index (Phi) is 9.47. The molecule has 3 atom stereocenters. The molecule has 38 heavy (non-hydrogen) atoms. The van der Waals surface area contributed by atoms with E-state index < -0.39 is 21.9 Å². The van der Waals surface area contributed by atoms with Crippen molar-refractivity contribution >= 4 is 33.2 Å². The van der Waals surface area contributed by atoms with Gasteiger partial charge in [-0.05, 0) is 68.9 Å². The quantitative estimate of drug-likeness (QED) is 0.382. The van der Waals surface area contributed by atoms with Gasteiger partial charge in [-0.2, -0.15) is 4.31 Å². The minimum Gasteiger partial charge on any atom is -0.324 e. The summed E-state index contributed by atoms with van der Waals surface area (Å²) >= 11 is 6.14. The number of hydrogen-bond donors (Lipinski definition) is 3. The molecule has 0 bridgehead atoms. The van der Waals surface area contributed by atoms with E-state index in [4.69, 9.17) is 11.6 Å². The molecule has 3 N–H and O–H groups in total. The van der Waals surface area contributed by atoms with E-state index in [0.29, 0.717) is 61.5 Å². The van der Waals surface area contributed by atoms with Gasteiger partial charge in [0.15, 0.2) is 0 Å². The van der Waals surface area contributed by atoms with E-state index in [9.17, 15) is 13.2 Å². The van der Waals surface area contributed by atoms with E-state index in [-0.39, 0.29) is 29.3 Å². The van der Waals surface area contributed by atoms with Crippen molar-refractivity contribution in [2.75, 3.05) is 18.4 Å². The topological polar surface area (TPSA) is 90.5 Å². The molecule has 0 unspecified atom stereocenters. The number of nitrogens with zero attached hydrogens (tertiary/aromatic N) is 1. The van der Waals surface area contributed by atoms with Crippen LogP contribution in [0.2, 0.25) is 5.02 Å². The molecule has 208 valence electrons. The molecule has 1 aliphatic heterocycles. The molecule has 1 saturated heterocycles. The van der Waals surface area contributed by atoms with Gasteiger partial charge in [0, 0.05) is 47.5 Å². The number of benzene rings is 2. The van der Waals surface area contributed by atoms with Gasteiger partial charge in [-0.1, -0.05) is 43.6 Å². The van der Waals surface area contributed by atoms with E-state index in [0.717, 1.165) is 5.56 Å². The lowest BCUT2D eigenvalue weighted by Crippen LogP contribution is -2.59. The number of amides is 1. The Hall–Kier alpha value is -2.04. The second-order valence-corrected chi connectivity index (χ2v) is 13.3. The molecule has 0 radical (unpaired) electrons. The van der Waals surface area contributed by atoms with Crippen LogP contribution < -0.4 is 16.0 Å². The summed E-state index contributed by atoms with van der Waals surface area (Å²) in [5, 5.41) is 9.86. The first-order valence-corrected chi connectivity index (χ1v) is 15.3. The summed E-state index contributed by atoms with van der Waals surface area (Å²) in [4.78, 5) is 13.4. The third-order valence-electron chi connectivity index (χ3n) is 7.14. The number of carbonyl (C=O) groups is 1. The molecule has 2 aromatic carbocycles. The van der Waals surface area contributed by atoms with Crippen molar-refractivity contribution in [3.8, 4) is 0 Å². The monoisotopic (exact) mass is 564 g/mol. The van der Waals surface area contributed by atoms with Crippen LogP contribution in [-0.4, -0.2) is 61.1 Å². The van der Waals surface area contributed by atoms with Crippen molar-refractivity contribution in [2.24, 2.45) is 0 Å². The lowest BCUT2D eigenvalue weighted by atomic mass is 10.00. The zero-order valence-electron chi connectivity index (χ0n) is 22.2. The first-order valence-electron chi connectivity index (χ1n) is 13.4. The molecular weight excluding hydrogens is 527 g/mol. The minimum absolute atomic E-state index is 0.0529. The second-order valence-electron chi connectivity index (χ2n) is 10.7. The maximum atomic E-state index is 15.1. The number of piperazine rings is 1. The molecule has 1 aliphatic carbocycles. The molecule has 1 saturated carbocycles. The fourth-order valence-corrected chi connectivity index (χ4v) is 7.68. The number of halogens is 2. The largest absolute Gasteiger partial charge is 0.324 e. The van der Waals surface area contributed by atoms with Crippen molar-refractivity contribution in [3.05, 3.63) is 64.4 Å². The summed E-state index contributed by atoms with van der Waals surface area (Å²) in [6, 6.07) is 11.1. The summed E-state index contributed by atoms with van der Waals surface area (Å²) in [5.74, 6) is -0.684. The number of carbonyl (C=O) groups excluding carboxylic acids is 1. The first-order chi connectivity index (χ1) is 18.1. The van der Waals surface area contributed by atoms with Crippen LogP contribution in [0.3, 0.4) is 0 Å². The van der Waals surface area contributed by atoms with E-state index in [1.807, 2.05) is 39.0 Å². The van der Waals surface area contributed by atoms with Crippen LogP contribution in [0.15, 0.2) is 42.5 Å². The summed E-state index contributed by atoms with van der Waals surface area (Å²) in [6.07, 6.45) is 2.58. The average molecular weight is 565 g/mol. The van der Waals surface area contributed by atoms with Crippen molar-refractivity contribution in [2.45, 2.75) is 82.3 Å². The second kappa shape index (κ2) is 12.4. The number of sulfonamides is 1. The summed E-state index contributed by atoms with van der Waals surface area (Å²) in [7, 11) is -3.37. The van der Waals surface area contributed by atoms with Gasteiger partial charge < -0.3 is 16.0 Å². The molecule has 0 aromatic heterocycles. The van der Waals surface area contributed by atoms with Crippen molar-refractivity contribution in [3.63, 3.8) is 0 Å². The van der Waals surface area contributed by atoms with Gasteiger partial charge in [0.25, 0.3) is 0 Å². The highest BCUT2D eigenvalue weighted by atomic mass is 35.5. The molecule has 1 heterocycles. The summed E-state index contributed by atoms with van der Waals surface area (Å²) < 4.78 is 43.0. The molecular formula is C28H38ClFN4O3S. The normalized spacial score (nSPS) is 21.4. The lowest BCUT2D eigenvalue weighted by Gasteiger charge is -2.40. The Morgan fingerprint density at radius 3 is 2.61 bits per heavy atom. The minimum atomic E-state index is -3.37. The molecule has 2 fully saturated rings. The highest BCUT2D eigenvalue weighted by Crippen LogP contribution is 2.35. The molecule has 1 amide bonds. The highest BCUT2D eigenvalue weighted by molar-refractivity contribution is 7.90. The Morgan fingerprint density at radius 2 is 1.92 bits per heavy atom. The molecule has 4 rings (SSSR count).